The molecular formula is C18H25Cl2FN2O3S. The number of rotatable bonds is 7. The molecule has 0 aliphatic carbocycles. The van der Waals surface area contributed by atoms with Crippen molar-refractivity contribution in [3.63, 3.8) is 0 Å². The molecule has 152 valence electrons. The predicted octanol–water partition coefficient (Wildman–Crippen LogP) is 4.15. The van der Waals surface area contributed by atoms with Gasteiger partial charge in [-0.2, -0.15) is 0 Å². The highest BCUT2D eigenvalue weighted by Gasteiger charge is 2.31. The zero-order chi connectivity index (χ0) is 20.2. The number of carbonyl (C=O) groups is 1. The second-order valence-corrected chi connectivity index (χ2v) is 9.76. The van der Waals surface area contributed by atoms with Gasteiger partial charge in [-0.15, -0.1) is 0 Å². The number of piperidine rings is 1. The maximum absolute atomic E-state index is 13.7. The lowest BCUT2D eigenvalue weighted by molar-refractivity contribution is -0.126. The van der Waals surface area contributed by atoms with Crippen LogP contribution in [0.2, 0.25) is 10.0 Å². The zero-order valence-corrected chi connectivity index (χ0v) is 17.8. The molecule has 0 saturated carbocycles. The summed E-state index contributed by atoms with van der Waals surface area (Å²) in [6.07, 6.45) is 2.39. The van der Waals surface area contributed by atoms with E-state index in [1.165, 1.54) is 16.4 Å². The fourth-order valence-corrected chi connectivity index (χ4v) is 5.36. The van der Waals surface area contributed by atoms with Crippen molar-refractivity contribution in [3.05, 3.63) is 33.6 Å². The van der Waals surface area contributed by atoms with Gasteiger partial charge in [-0.05, 0) is 43.9 Å². The van der Waals surface area contributed by atoms with Crippen LogP contribution in [0.15, 0.2) is 12.1 Å². The molecule has 1 saturated heterocycles. The third-order valence-electron chi connectivity index (χ3n) is 4.84. The van der Waals surface area contributed by atoms with E-state index in [0.29, 0.717) is 37.9 Å². The van der Waals surface area contributed by atoms with Gasteiger partial charge in [-0.3, -0.25) is 4.79 Å². The van der Waals surface area contributed by atoms with E-state index in [1.54, 1.807) is 6.92 Å². The minimum atomic E-state index is -3.25. The van der Waals surface area contributed by atoms with Crippen molar-refractivity contribution in [1.82, 2.24) is 9.62 Å². The van der Waals surface area contributed by atoms with Crippen molar-refractivity contribution in [2.75, 3.05) is 18.8 Å². The van der Waals surface area contributed by atoms with E-state index in [4.69, 9.17) is 23.2 Å². The van der Waals surface area contributed by atoms with Crippen LogP contribution >= 0.6 is 23.2 Å². The van der Waals surface area contributed by atoms with Crippen LogP contribution in [0.25, 0.3) is 0 Å². The Balaban J connectivity index is 1.94. The van der Waals surface area contributed by atoms with Gasteiger partial charge in [0.15, 0.2) is 0 Å². The Morgan fingerprint density at radius 2 is 1.93 bits per heavy atom. The van der Waals surface area contributed by atoms with Crippen LogP contribution < -0.4 is 5.32 Å². The maximum Gasteiger partial charge on any atom is 0.223 e. The largest absolute Gasteiger partial charge is 0.349 e. The lowest BCUT2D eigenvalue weighted by Crippen LogP contribution is -2.44. The molecule has 1 aromatic carbocycles. The lowest BCUT2D eigenvalue weighted by atomic mass is 9.96. The zero-order valence-electron chi connectivity index (χ0n) is 15.5. The molecule has 0 bridgehead atoms. The van der Waals surface area contributed by atoms with Crippen molar-refractivity contribution in [2.45, 2.75) is 45.6 Å². The van der Waals surface area contributed by atoms with Crippen LogP contribution in [0.3, 0.4) is 0 Å². The van der Waals surface area contributed by atoms with Gasteiger partial charge in [0.2, 0.25) is 15.9 Å². The highest BCUT2D eigenvalue weighted by Crippen LogP contribution is 2.29. The Kier molecular flexibility index (Phi) is 7.92. The highest BCUT2D eigenvalue weighted by atomic mass is 35.5. The molecule has 1 N–H and O–H groups in total. The molecule has 1 heterocycles. The monoisotopic (exact) mass is 438 g/mol. The Bertz CT molecular complexity index is 781. The summed E-state index contributed by atoms with van der Waals surface area (Å²) in [5.41, 5.74) is 0.450. The number of nitrogens with one attached hydrogen (secondary N) is 1. The third kappa shape index (κ3) is 5.79. The van der Waals surface area contributed by atoms with Gasteiger partial charge in [-0.25, -0.2) is 17.1 Å². The lowest BCUT2D eigenvalue weighted by Gasteiger charge is -2.31. The van der Waals surface area contributed by atoms with Crippen LogP contribution in [0.5, 0.6) is 0 Å². The number of carbonyl (C=O) groups excluding carboxylic acids is 1. The summed E-state index contributed by atoms with van der Waals surface area (Å²) in [5, 5.41) is 3.05. The van der Waals surface area contributed by atoms with Gasteiger partial charge in [0, 0.05) is 24.0 Å². The molecule has 1 fully saturated rings. The van der Waals surface area contributed by atoms with Crippen molar-refractivity contribution < 1.29 is 17.6 Å². The fraction of sp³-hybridized carbons (Fsp3) is 0.611. The van der Waals surface area contributed by atoms with Gasteiger partial charge in [0.1, 0.15) is 5.82 Å². The number of benzene rings is 1. The first-order chi connectivity index (χ1) is 12.7. The van der Waals surface area contributed by atoms with Crippen LogP contribution in [0.1, 0.15) is 51.1 Å². The smallest absolute Gasteiger partial charge is 0.223 e. The topological polar surface area (TPSA) is 66.5 Å². The maximum atomic E-state index is 13.7. The molecule has 1 aromatic rings. The minimum absolute atomic E-state index is 0.0704. The molecule has 2 rings (SSSR count). The highest BCUT2D eigenvalue weighted by molar-refractivity contribution is 7.89. The van der Waals surface area contributed by atoms with Gasteiger partial charge >= 0.3 is 0 Å². The quantitative estimate of drug-likeness (QED) is 0.649. The number of sulfonamides is 1. The van der Waals surface area contributed by atoms with Gasteiger partial charge in [0.05, 0.1) is 16.8 Å². The Morgan fingerprint density at radius 3 is 2.52 bits per heavy atom. The van der Waals surface area contributed by atoms with E-state index < -0.39 is 21.9 Å². The van der Waals surface area contributed by atoms with Crippen LogP contribution in [-0.2, 0) is 14.8 Å². The van der Waals surface area contributed by atoms with E-state index in [2.05, 4.69) is 5.32 Å². The summed E-state index contributed by atoms with van der Waals surface area (Å²) in [5.74, 6) is -0.902. The molecule has 0 spiro atoms. The van der Waals surface area contributed by atoms with E-state index in [-0.39, 0.29) is 27.6 Å². The minimum Gasteiger partial charge on any atom is -0.349 e. The molecule has 1 amide bonds. The second-order valence-electron chi connectivity index (χ2n) is 6.86. The normalized spacial score (nSPS) is 17.7. The van der Waals surface area contributed by atoms with Gasteiger partial charge < -0.3 is 5.32 Å². The Morgan fingerprint density at radius 1 is 1.30 bits per heavy atom. The Labute approximate surface area is 170 Å². The first-order valence-electron chi connectivity index (χ1n) is 9.08. The van der Waals surface area contributed by atoms with Crippen molar-refractivity contribution >= 4 is 39.1 Å². The number of hydrogen-bond acceptors (Lipinski definition) is 3. The predicted molar refractivity (Wildman–Crippen MR) is 106 cm³/mol. The van der Waals surface area contributed by atoms with E-state index in [0.717, 1.165) is 6.42 Å². The summed E-state index contributed by atoms with van der Waals surface area (Å²) in [6, 6.07) is 2.05. The average molecular weight is 439 g/mol. The molecule has 1 atom stereocenters. The van der Waals surface area contributed by atoms with Crippen molar-refractivity contribution in [1.29, 1.82) is 0 Å². The molecule has 9 heteroatoms. The van der Waals surface area contributed by atoms with Crippen LogP contribution in [-0.4, -0.2) is 37.5 Å². The average Bonchev–Trinajstić information content (AvgIpc) is 2.63. The second kappa shape index (κ2) is 9.54. The first-order valence-corrected chi connectivity index (χ1v) is 11.4. The number of halogens is 3. The number of hydrogen-bond donors (Lipinski definition) is 1. The van der Waals surface area contributed by atoms with Crippen molar-refractivity contribution in [3.8, 4) is 0 Å². The number of nitrogens with zero attached hydrogens (tertiary/aromatic N) is 1. The summed E-state index contributed by atoms with van der Waals surface area (Å²) < 4.78 is 39.7. The standard InChI is InChI=1S/C18H25Cl2FN2O3S/c1-3-4-9-27(25,26)23-7-5-13(6-8-23)18(24)22-12(2)14-10-17(21)16(20)11-15(14)19/h10-13H,3-9H2,1-2H3,(H,22,24). The first kappa shape index (κ1) is 22.4. The summed E-state index contributed by atoms with van der Waals surface area (Å²) in [4.78, 5) is 12.5. The molecule has 0 radical (unpaired) electrons. The number of amides is 1. The Hall–Kier alpha value is -0.890. The molecule has 27 heavy (non-hydrogen) atoms. The molecule has 1 aliphatic rings. The van der Waals surface area contributed by atoms with E-state index >= 15 is 0 Å². The van der Waals surface area contributed by atoms with Crippen molar-refractivity contribution in [2.24, 2.45) is 5.92 Å². The molecular weight excluding hydrogens is 414 g/mol. The third-order valence-corrected chi connectivity index (χ3v) is 7.41. The van der Waals surface area contributed by atoms with Crippen LogP contribution in [0, 0.1) is 11.7 Å². The molecule has 5 nitrogen and oxygen atoms in total. The molecule has 0 aromatic heterocycles. The SMILES string of the molecule is CCCCS(=O)(=O)N1CCC(C(=O)NC(C)c2cc(F)c(Cl)cc2Cl)CC1. The molecule has 1 aliphatic heterocycles. The number of unbranched alkanes of at least 4 members (excludes halogenated alkanes) is 1. The molecule has 1 unspecified atom stereocenters. The van der Waals surface area contributed by atoms with Crippen LogP contribution in [0.4, 0.5) is 4.39 Å². The fourth-order valence-electron chi connectivity index (χ4n) is 3.13. The van der Waals surface area contributed by atoms with Gasteiger partial charge in [0.25, 0.3) is 0 Å². The van der Waals surface area contributed by atoms with E-state index in [9.17, 15) is 17.6 Å². The van der Waals surface area contributed by atoms with Gasteiger partial charge in [-0.1, -0.05) is 36.5 Å². The summed E-state index contributed by atoms with van der Waals surface area (Å²) >= 11 is 11.8. The summed E-state index contributed by atoms with van der Waals surface area (Å²) in [7, 11) is -3.25. The summed E-state index contributed by atoms with van der Waals surface area (Å²) in [6.45, 7) is 4.35. The van der Waals surface area contributed by atoms with E-state index in [1.807, 2.05) is 6.92 Å².